The van der Waals surface area contributed by atoms with Crippen LogP contribution in [0.25, 0.3) is 11.1 Å². The second-order valence-electron chi connectivity index (χ2n) is 6.17. The minimum atomic E-state index is -4.45. The molecule has 0 fully saturated rings. The summed E-state index contributed by atoms with van der Waals surface area (Å²) < 4.78 is 75.8. The Morgan fingerprint density at radius 3 is 1.55 bits per heavy atom. The summed E-state index contributed by atoms with van der Waals surface area (Å²) in [6.07, 6.45) is -8.89. The van der Waals surface area contributed by atoms with Crippen molar-refractivity contribution in [3.05, 3.63) is 89.0 Å². The van der Waals surface area contributed by atoms with E-state index in [1.54, 1.807) is 6.07 Å². The van der Waals surface area contributed by atoms with E-state index < -0.39 is 23.5 Å². The largest absolute Gasteiger partial charge is 0.508 e. The molecule has 3 rings (SSSR count). The Balaban J connectivity index is 1.88. The van der Waals surface area contributed by atoms with Gasteiger partial charge >= 0.3 is 12.4 Å². The normalized spacial score (nSPS) is 11.7. The number of phenols is 1. The lowest BCUT2D eigenvalue weighted by atomic mass is 10.0. The number of alkyl halides is 6. The molecular weight excluding hydrogens is 394 g/mol. The molecule has 7 heteroatoms. The van der Waals surface area contributed by atoms with Crippen molar-refractivity contribution in [1.29, 1.82) is 0 Å². The van der Waals surface area contributed by atoms with Crippen LogP contribution in [0.4, 0.5) is 26.3 Å². The van der Waals surface area contributed by atoms with Gasteiger partial charge in [-0.1, -0.05) is 24.0 Å². The maximum absolute atomic E-state index is 12.7. The quantitative estimate of drug-likeness (QED) is 0.361. The molecule has 0 heterocycles. The standard InChI is InChI=1S/C22H12F6O/c23-21(24,25)18-7-3-14(4-8-18)1-2-15-11-17(13-20(29)12-15)16-5-9-19(10-6-16)22(26,27)28/h3-13,29H. The van der Waals surface area contributed by atoms with Crippen LogP contribution in [0.5, 0.6) is 5.75 Å². The highest BCUT2D eigenvalue weighted by atomic mass is 19.4. The molecule has 1 N–H and O–H groups in total. The van der Waals surface area contributed by atoms with E-state index in [4.69, 9.17) is 0 Å². The molecular formula is C22H12F6O. The number of aromatic hydroxyl groups is 1. The minimum absolute atomic E-state index is 0.140. The maximum atomic E-state index is 12.7. The van der Waals surface area contributed by atoms with Crippen LogP contribution in [0.3, 0.4) is 0 Å². The average Bonchev–Trinajstić information content (AvgIpc) is 2.65. The third-order valence-electron chi connectivity index (χ3n) is 4.03. The summed E-state index contributed by atoms with van der Waals surface area (Å²) >= 11 is 0. The van der Waals surface area contributed by atoms with Gasteiger partial charge in [0.05, 0.1) is 11.1 Å². The zero-order chi connectivity index (χ0) is 21.2. The van der Waals surface area contributed by atoms with Gasteiger partial charge in [-0.3, -0.25) is 0 Å². The molecule has 0 amide bonds. The maximum Gasteiger partial charge on any atom is 0.416 e. The molecule has 3 aromatic carbocycles. The lowest BCUT2D eigenvalue weighted by Gasteiger charge is -2.08. The van der Waals surface area contributed by atoms with Gasteiger partial charge in [0.15, 0.2) is 0 Å². The molecule has 0 radical (unpaired) electrons. The van der Waals surface area contributed by atoms with Crippen LogP contribution in [0, 0.1) is 11.8 Å². The second kappa shape index (κ2) is 7.55. The molecule has 0 aromatic heterocycles. The zero-order valence-corrected chi connectivity index (χ0v) is 14.6. The first-order valence-electron chi connectivity index (χ1n) is 8.23. The lowest BCUT2D eigenvalue weighted by molar-refractivity contribution is -0.138. The highest BCUT2D eigenvalue weighted by Gasteiger charge is 2.30. The third-order valence-corrected chi connectivity index (χ3v) is 4.03. The van der Waals surface area contributed by atoms with Crippen LogP contribution in [0.15, 0.2) is 66.7 Å². The first-order valence-corrected chi connectivity index (χ1v) is 8.23. The molecule has 0 saturated heterocycles. The Hall–Kier alpha value is -3.40. The van der Waals surface area contributed by atoms with Crippen LogP contribution in [-0.2, 0) is 12.4 Å². The number of hydrogen-bond acceptors (Lipinski definition) is 1. The monoisotopic (exact) mass is 406 g/mol. The van der Waals surface area contributed by atoms with Crippen molar-refractivity contribution in [3.63, 3.8) is 0 Å². The highest BCUT2D eigenvalue weighted by molar-refractivity contribution is 5.68. The van der Waals surface area contributed by atoms with E-state index in [9.17, 15) is 31.4 Å². The van der Waals surface area contributed by atoms with Crippen LogP contribution in [0.1, 0.15) is 22.3 Å². The van der Waals surface area contributed by atoms with Gasteiger partial charge < -0.3 is 5.11 Å². The van der Waals surface area contributed by atoms with Gasteiger partial charge in [-0.05, 0) is 65.7 Å². The van der Waals surface area contributed by atoms with Crippen molar-refractivity contribution in [3.8, 4) is 28.7 Å². The molecule has 0 aliphatic heterocycles. The molecule has 3 aromatic rings. The van der Waals surface area contributed by atoms with Gasteiger partial charge in [0.25, 0.3) is 0 Å². The van der Waals surface area contributed by atoms with Gasteiger partial charge in [0.2, 0.25) is 0 Å². The van der Waals surface area contributed by atoms with Gasteiger partial charge in [0.1, 0.15) is 5.75 Å². The van der Waals surface area contributed by atoms with Gasteiger partial charge in [-0.2, -0.15) is 26.3 Å². The number of phenolic OH excluding ortho intramolecular Hbond substituents is 1. The zero-order valence-electron chi connectivity index (χ0n) is 14.6. The first kappa shape index (κ1) is 20.3. The Morgan fingerprint density at radius 1 is 0.552 bits per heavy atom. The summed E-state index contributed by atoms with van der Waals surface area (Å²) in [6, 6.07) is 13.0. The van der Waals surface area contributed by atoms with Crippen molar-refractivity contribution < 1.29 is 31.4 Å². The van der Waals surface area contributed by atoms with E-state index in [0.29, 0.717) is 22.3 Å². The van der Waals surface area contributed by atoms with Crippen molar-refractivity contribution >= 4 is 0 Å². The molecule has 0 unspecified atom stereocenters. The van der Waals surface area contributed by atoms with Gasteiger partial charge in [-0.25, -0.2) is 0 Å². The fraction of sp³-hybridized carbons (Fsp3) is 0.0909. The Kier molecular flexibility index (Phi) is 5.29. The fourth-order valence-electron chi connectivity index (χ4n) is 2.59. The number of rotatable bonds is 1. The predicted molar refractivity (Wildman–Crippen MR) is 96.0 cm³/mol. The van der Waals surface area contributed by atoms with E-state index >= 15 is 0 Å². The highest BCUT2D eigenvalue weighted by Crippen LogP contribution is 2.32. The molecule has 0 spiro atoms. The predicted octanol–water partition coefficient (Wildman–Crippen LogP) is 6.50. The third kappa shape index (κ3) is 5.11. The molecule has 0 atom stereocenters. The number of benzene rings is 3. The molecule has 1 nitrogen and oxygen atoms in total. The SMILES string of the molecule is Oc1cc(C#Cc2ccc(C(F)(F)F)cc2)cc(-c2ccc(C(F)(F)F)cc2)c1. The topological polar surface area (TPSA) is 20.2 Å². The van der Waals surface area contributed by atoms with Gasteiger partial charge in [0, 0.05) is 11.1 Å². The molecule has 0 aliphatic carbocycles. The number of hydrogen-bond donors (Lipinski definition) is 1. The van der Waals surface area contributed by atoms with Crippen LogP contribution < -0.4 is 0 Å². The summed E-state index contributed by atoms with van der Waals surface area (Å²) in [5, 5.41) is 9.89. The lowest BCUT2D eigenvalue weighted by Crippen LogP contribution is -2.04. The Bertz CT molecular complexity index is 1070. The van der Waals surface area contributed by atoms with E-state index in [1.807, 2.05) is 0 Å². The summed E-state index contributed by atoms with van der Waals surface area (Å²) in [5.74, 6) is 5.29. The Labute approximate surface area is 162 Å². The van der Waals surface area contributed by atoms with Crippen LogP contribution >= 0.6 is 0 Å². The van der Waals surface area contributed by atoms with Crippen molar-refractivity contribution in [2.24, 2.45) is 0 Å². The summed E-state index contributed by atoms with van der Waals surface area (Å²) in [6.45, 7) is 0. The van der Waals surface area contributed by atoms with Crippen molar-refractivity contribution in [2.75, 3.05) is 0 Å². The van der Waals surface area contributed by atoms with E-state index in [2.05, 4.69) is 11.8 Å². The summed E-state index contributed by atoms with van der Waals surface area (Å²) in [7, 11) is 0. The minimum Gasteiger partial charge on any atom is -0.508 e. The van der Waals surface area contributed by atoms with E-state index in [-0.39, 0.29) is 5.75 Å². The fourth-order valence-corrected chi connectivity index (χ4v) is 2.59. The molecule has 0 saturated carbocycles. The number of halogens is 6. The first-order chi connectivity index (χ1) is 13.5. The summed E-state index contributed by atoms with van der Waals surface area (Å²) in [5.41, 5.74) is 0.0351. The second-order valence-corrected chi connectivity index (χ2v) is 6.17. The summed E-state index contributed by atoms with van der Waals surface area (Å²) in [4.78, 5) is 0. The molecule has 0 aliphatic rings. The van der Waals surface area contributed by atoms with Crippen molar-refractivity contribution in [1.82, 2.24) is 0 Å². The molecule has 0 bridgehead atoms. The van der Waals surface area contributed by atoms with Gasteiger partial charge in [-0.15, -0.1) is 0 Å². The Morgan fingerprint density at radius 2 is 1.03 bits per heavy atom. The van der Waals surface area contributed by atoms with Crippen LogP contribution in [0.2, 0.25) is 0 Å². The van der Waals surface area contributed by atoms with Crippen molar-refractivity contribution in [2.45, 2.75) is 12.4 Å². The average molecular weight is 406 g/mol. The van der Waals surface area contributed by atoms with E-state index in [1.165, 1.54) is 36.4 Å². The van der Waals surface area contributed by atoms with Crippen LogP contribution in [-0.4, -0.2) is 5.11 Å². The smallest absolute Gasteiger partial charge is 0.416 e. The molecule has 29 heavy (non-hydrogen) atoms. The molecule has 148 valence electrons. The van der Waals surface area contributed by atoms with E-state index in [0.717, 1.165) is 24.3 Å².